The highest BCUT2D eigenvalue weighted by Gasteiger charge is 2.43. The third-order valence-corrected chi connectivity index (χ3v) is 6.08. The number of halogens is 1. The molecule has 7 heteroatoms. The van der Waals surface area contributed by atoms with Gasteiger partial charge in [-0.3, -0.25) is 9.59 Å². The standard InChI is InChI=1S/C20H16FN3O2S/c1-9-12(4-2-11-7-17(25)23-18(9)11)10-3-5-15-16(6-10)27-20(22-15)24-19(26)13-8-14(13)21/h2-6,13-14H,7-8H2,1H3,(H,23,25)(H,22,24,26). The molecule has 2 unspecified atom stereocenters. The minimum absolute atomic E-state index is 0.0229. The van der Waals surface area contributed by atoms with Crippen LogP contribution in [0.2, 0.25) is 0 Å². The first kappa shape index (κ1) is 16.4. The fraction of sp³-hybridized carbons (Fsp3) is 0.250. The predicted octanol–water partition coefficient (Wildman–Crippen LogP) is 4.06. The molecule has 2 heterocycles. The molecule has 2 N–H and O–H groups in total. The lowest BCUT2D eigenvalue weighted by molar-refractivity contribution is -0.117. The number of hydrogen-bond acceptors (Lipinski definition) is 4. The minimum atomic E-state index is -1.02. The van der Waals surface area contributed by atoms with Crippen LogP contribution in [0, 0.1) is 12.8 Å². The molecule has 0 radical (unpaired) electrons. The summed E-state index contributed by atoms with van der Waals surface area (Å²) in [7, 11) is 0. The monoisotopic (exact) mass is 381 g/mol. The lowest BCUT2D eigenvalue weighted by Crippen LogP contribution is -2.14. The highest BCUT2D eigenvalue weighted by Crippen LogP contribution is 2.38. The van der Waals surface area contributed by atoms with E-state index in [9.17, 15) is 14.0 Å². The summed E-state index contributed by atoms with van der Waals surface area (Å²) in [6.07, 6.45) is -0.294. The Labute approximate surface area is 158 Å². The van der Waals surface area contributed by atoms with Crippen LogP contribution >= 0.6 is 11.3 Å². The van der Waals surface area contributed by atoms with Crippen LogP contribution in [0.1, 0.15) is 17.5 Å². The second kappa shape index (κ2) is 5.85. The largest absolute Gasteiger partial charge is 0.325 e. The number of carbonyl (C=O) groups is 2. The summed E-state index contributed by atoms with van der Waals surface area (Å²) >= 11 is 1.38. The molecule has 0 spiro atoms. The van der Waals surface area contributed by atoms with Gasteiger partial charge in [-0.2, -0.15) is 0 Å². The first-order valence-electron chi connectivity index (χ1n) is 8.78. The van der Waals surface area contributed by atoms with Crippen molar-refractivity contribution in [2.24, 2.45) is 5.92 Å². The summed E-state index contributed by atoms with van der Waals surface area (Å²) in [6.45, 7) is 2.01. The molecule has 136 valence electrons. The molecule has 1 aliphatic carbocycles. The molecule has 3 aromatic rings. The lowest BCUT2D eigenvalue weighted by atomic mass is 9.96. The number of rotatable bonds is 3. The Morgan fingerprint density at radius 3 is 2.93 bits per heavy atom. The van der Waals surface area contributed by atoms with Gasteiger partial charge in [-0.05, 0) is 47.7 Å². The topological polar surface area (TPSA) is 71.1 Å². The smallest absolute Gasteiger partial charge is 0.232 e. The van der Waals surface area contributed by atoms with E-state index in [1.165, 1.54) is 11.3 Å². The third kappa shape index (κ3) is 2.78. The molecule has 5 rings (SSSR count). The van der Waals surface area contributed by atoms with Gasteiger partial charge in [0.1, 0.15) is 6.17 Å². The molecule has 1 fully saturated rings. The number of aromatic nitrogens is 1. The zero-order valence-corrected chi connectivity index (χ0v) is 15.3. The summed E-state index contributed by atoms with van der Waals surface area (Å²) in [5, 5.41) is 6.14. The molecule has 2 atom stereocenters. The molecular weight excluding hydrogens is 365 g/mol. The van der Waals surface area contributed by atoms with E-state index in [2.05, 4.69) is 15.6 Å². The van der Waals surface area contributed by atoms with Crippen molar-refractivity contribution in [3.8, 4) is 11.1 Å². The van der Waals surface area contributed by atoms with E-state index in [0.717, 1.165) is 38.2 Å². The van der Waals surface area contributed by atoms with Crippen molar-refractivity contribution in [1.29, 1.82) is 0 Å². The summed E-state index contributed by atoms with van der Waals surface area (Å²) in [4.78, 5) is 28.0. The Morgan fingerprint density at radius 2 is 2.15 bits per heavy atom. The Hall–Kier alpha value is -2.80. The van der Waals surface area contributed by atoms with E-state index in [-0.39, 0.29) is 11.8 Å². The fourth-order valence-electron chi connectivity index (χ4n) is 3.54. The second-order valence-electron chi connectivity index (χ2n) is 7.05. The van der Waals surface area contributed by atoms with Crippen molar-refractivity contribution < 1.29 is 14.0 Å². The van der Waals surface area contributed by atoms with Gasteiger partial charge in [-0.15, -0.1) is 0 Å². The van der Waals surface area contributed by atoms with E-state index in [1.807, 2.05) is 37.3 Å². The molecule has 1 saturated carbocycles. The molecule has 5 nitrogen and oxygen atoms in total. The van der Waals surface area contributed by atoms with Crippen LogP contribution in [0.15, 0.2) is 30.3 Å². The predicted molar refractivity (Wildman–Crippen MR) is 104 cm³/mol. The Kier molecular flexibility index (Phi) is 3.55. The molecule has 2 aliphatic rings. The maximum atomic E-state index is 13.0. The minimum Gasteiger partial charge on any atom is -0.325 e. The van der Waals surface area contributed by atoms with Gasteiger partial charge in [0.05, 0.1) is 22.6 Å². The number of amides is 2. The maximum absolute atomic E-state index is 13.0. The summed E-state index contributed by atoms with van der Waals surface area (Å²) in [5.74, 6) is -0.807. The van der Waals surface area contributed by atoms with Gasteiger partial charge in [0.25, 0.3) is 0 Å². The van der Waals surface area contributed by atoms with E-state index in [4.69, 9.17) is 0 Å². The number of benzene rings is 2. The van der Waals surface area contributed by atoms with E-state index in [0.29, 0.717) is 18.0 Å². The number of hydrogen-bond donors (Lipinski definition) is 2. The Bertz CT molecular complexity index is 1120. The summed E-state index contributed by atoms with van der Waals surface area (Å²) < 4.78 is 14.0. The SMILES string of the molecule is Cc1c(-c2ccc3nc(NC(=O)C4CC4F)sc3c2)ccc2c1NC(=O)C2. The lowest BCUT2D eigenvalue weighted by Gasteiger charge is -2.11. The van der Waals surface area contributed by atoms with Crippen LogP contribution in [-0.4, -0.2) is 23.0 Å². The van der Waals surface area contributed by atoms with Crippen molar-refractivity contribution >= 4 is 44.2 Å². The summed E-state index contributed by atoms with van der Waals surface area (Å²) in [6, 6.07) is 9.95. The molecule has 2 aromatic carbocycles. The zero-order chi connectivity index (χ0) is 18.7. The van der Waals surface area contributed by atoms with E-state index >= 15 is 0 Å². The Morgan fingerprint density at radius 1 is 1.33 bits per heavy atom. The van der Waals surface area contributed by atoms with Gasteiger partial charge in [0, 0.05) is 5.69 Å². The van der Waals surface area contributed by atoms with E-state index in [1.54, 1.807) is 0 Å². The fourth-order valence-corrected chi connectivity index (χ4v) is 4.45. The molecule has 0 bridgehead atoms. The van der Waals surface area contributed by atoms with E-state index < -0.39 is 12.1 Å². The van der Waals surface area contributed by atoms with Crippen molar-refractivity contribution in [3.63, 3.8) is 0 Å². The van der Waals surface area contributed by atoms with Crippen LogP contribution in [-0.2, 0) is 16.0 Å². The first-order chi connectivity index (χ1) is 13.0. The van der Waals surface area contributed by atoms with Gasteiger partial charge < -0.3 is 10.6 Å². The number of nitrogens with one attached hydrogen (secondary N) is 2. The number of anilines is 2. The number of nitrogens with zero attached hydrogens (tertiary/aromatic N) is 1. The molecule has 1 aliphatic heterocycles. The molecule has 27 heavy (non-hydrogen) atoms. The highest BCUT2D eigenvalue weighted by atomic mass is 32.1. The molecule has 0 saturated heterocycles. The number of thiazole rings is 1. The number of fused-ring (bicyclic) bond motifs is 2. The highest BCUT2D eigenvalue weighted by molar-refractivity contribution is 7.22. The van der Waals surface area contributed by atoms with Gasteiger partial charge in [-0.1, -0.05) is 29.5 Å². The molecule has 2 amide bonds. The van der Waals surface area contributed by atoms with Crippen LogP contribution < -0.4 is 10.6 Å². The van der Waals surface area contributed by atoms with Crippen molar-refractivity contribution in [2.75, 3.05) is 10.6 Å². The van der Waals surface area contributed by atoms with Gasteiger partial charge >= 0.3 is 0 Å². The zero-order valence-electron chi connectivity index (χ0n) is 14.5. The second-order valence-corrected chi connectivity index (χ2v) is 8.08. The van der Waals surface area contributed by atoms with Gasteiger partial charge in [0.2, 0.25) is 11.8 Å². The summed E-state index contributed by atoms with van der Waals surface area (Å²) in [5.41, 5.74) is 5.83. The van der Waals surface area contributed by atoms with Gasteiger partial charge in [0.15, 0.2) is 5.13 Å². The van der Waals surface area contributed by atoms with Gasteiger partial charge in [-0.25, -0.2) is 9.37 Å². The Balaban J connectivity index is 1.48. The van der Waals surface area contributed by atoms with Crippen molar-refractivity contribution in [1.82, 2.24) is 4.98 Å². The average molecular weight is 381 g/mol. The number of alkyl halides is 1. The number of carbonyl (C=O) groups excluding carboxylic acids is 2. The quantitative estimate of drug-likeness (QED) is 0.719. The molecule has 1 aromatic heterocycles. The third-order valence-electron chi connectivity index (χ3n) is 5.15. The molecular formula is C20H16FN3O2S. The normalized spacial score (nSPS) is 20.4. The van der Waals surface area contributed by atoms with Crippen LogP contribution in [0.25, 0.3) is 21.3 Å². The van der Waals surface area contributed by atoms with Crippen LogP contribution in [0.4, 0.5) is 15.2 Å². The average Bonchev–Trinajstić information content (AvgIpc) is 3.05. The first-order valence-corrected chi connectivity index (χ1v) is 9.59. The van der Waals surface area contributed by atoms with Crippen molar-refractivity contribution in [2.45, 2.75) is 25.9 Å². The van der Waals surface area contributed by atoms with Crippen molar-refractivity contribution in [3.05, 3.63) is 41.5 Å². The van der Waals surface area contributed by atoms with Crippen LogP contribution in [0.5, 0.6) is 0 Å². The van der Waals surface area contributed by atoms with Crippen LogP contribution in [0.3, 0.4) is 0 Å². The maximum Gasteiger partial charge on any atom is 0.232 e.